The van der Waals surface area contributed by atoms with Gasteiger partial charge < -0.3 is 10.1 Å². The number of amides is 3. The number of nitrogens with one attached hydrogen (secondary N) is 2. The summed E-state index contributed by atoms with van der Waals surface area (Å²) < 4.78 is 4.76. The van der Waals surface area contributed by atoms with Gasteiger partial charge in [-0.2, -0.15) is 0 Å². The van der Waals surface area contributed by atoms with Crippen molar-refractivity contribution >= 4 is 24.0 Å². The minimum atomic E-state index is -0.677. The summed E-state index contributed by atoms with van der Waals surface area (Å²) in [6.45, 7) is 5.77. The fourth-order valence-corrected chi connectivity index (χ4v) is 1.63. The van der Waals surface area contributed by atoms with Crippen LogP contribution in [-0.2, 0) is 14.3 Å². The van der Waals surface area contributed by atoms with Crippen LogP contribution in [0.3, 0.4) is 0 Å². The Morgan fingerprint density at radius 1 is 1.26 bits per heavy atom. The number of hydrogen-bond donors (Lipinski definition) is 2. The van der Waals surface area contributed by atoms with E-state index in [4.69, 9.17) is 4.74 Å². The first-order valence-electron chi connectivity index (χ1n) is 7.36. The molecule has 124 valence electrons. The summed E-state index contributed by atoms with van der Waals surface area (Å²) in [5, 5.41) is 4.61. The van der Waals surface area contributed by atoms with Gasteiger partial charge in [0.15, 0.2) is 6.61 Å². The van der Waals surface area contributed by atoms with Gasteiger partial charge in [-0.25, -0.2) is 9.59 Å². The molecule has 2 N–H and O–H groups in total. The number of rotatable bonds is 6. The molecule has 6 nitrogen and oxygen atoms in total. The molecule has 23 heavy (non-hydrogen) atoms. The molecule has 0 spiro atoms. The highest BCUT2D eigenvalue weighted by atomic mass is 16.5. The van der Waals surface area contributed by atoms with E-state index < -0.39 is 24.5 Å². The number of carbonyl (C=O) groups is 3. The van der Waals surface area contributed by atoms with Crippen LogP contribution in [0.1, 0.15) is 25.0 Å². The Hall–Kier alpha value is -2.63. The maximum atomic E-state index is 11.5. The number of urea groups is 1. The molecule has 0 aliphatic carbocycles. The third-order valence-electron chi connectivity index (χ3n) is 2.72. The third-order valence-corrected chi connectivity index (χ3v) is 2.72. The van der Waals surface area contributed by atoms with Gasteiger partial charge >= 0.3 is 12.0 Å². The van der Waals surface area contributed by atoms with E-state index in [0.29, 0.717) is 6.54 Å². The van der Waals surface area contributed by atoms with Crippen LogP contribution >= 0.6 is 0 Å². The first-order chi connectivity index (χ1) is 10.9. The van der Waals surface area contributed by atoms with Gasteiger partial charge in [0.25, 0.3) is 5.91 Å². The first-order valence-corrected chi connectivity index (χ1v) is 7.36. The van der Waals surface area contributed by atoms with Crippen LogP contribution in [0, 0.1) is 12.8 Å². The maximum Gasteiger partial charge on any atom is 0.331 e. The summed E-state index contributed by atoms with van der Waals surface area (Å²) in [5.74, 6) is -1.05. The van der Waals surface area contributed by atoms with Gasteiger partial charge in [-0.15, -0.1) is 0 Å². The van der Waals surface area contributed by atoms with E-state index in [1.54, 1.807) is 6.08 Å². The zero-order chi connectivity index (χ0) is 17.2. The van der Waals surface area contributed by atoms with Gasteiger partial charge in [0.2, 0.25) is 0 Å². The van der Waals surface area contributed by atoms with Crippen molar-refractivity contribution in [2.75, 3.05) is 13.2 Å². The smallest absolute Gasteiger partial charge is 0.331 e. The maximum absolute atomic E-state index is 11.5. The average molecular weight is 318 g/mol. The lowest BCUT2D eigenvalue weighted by Gasteiger charge is -2.08. The van der Waals surface area contributed by atoms with E-state index in [1.165, 1.54) is 6.08 Å². The Morgan fingerprint density at radius 2 is 2.00 bits per heavy atom. The number of esters is 1. The first kappa shape index (κ1) is 18.4. The predicted molar refractivity (Wildman–Crippen MR) is 87.6 cm³/mol. The van der Waals surface area contributed by atoms with Gasteiger partial charge in [0.05, 0.1) is 0 Å². The summed E-state index contributed by atoms with van der Waals surface area (Å²) in [7, 11) is 0. The van der Waals surface area contributed by atoms with Gasteiger partial charge in [-0.1, -0.05) is 43.7 Å². The van der Waals surface area contributed by atoms with Crippen molar-refractivity contribution in [2.45, 2.75) is 20.8 Å². The molecule has 0 aliphatic rings. The number of benzene rings is 1. The number of imide groups is 1. The van der Waals surface area contributed by atoms with E-state index in [2.05, 4.69) is 10.6 Å². The van der Waals surface area contributed by atoms with E-state index in [1.807, 2.05) is 45.0 Å². The highest BCUT2D eigenvalue weighted by Gasteiger charge is 2.09. The minimum absolute atomic E-state index is 0.278. The topological polar surface area (TPSA) is 84.5 Å². The van der Waals surface area contributed by atoms with Crippen molar-refractivity contribution in [1.82, 2.24) is 10.6 Å². The standard InChI is InChI=1S/C17H22N2O4/c1-12(2)10-18-17(22)19-15(20)11-23-16(21)8-7-14-6-4-5-13(3)9-14/h4-9,12H,10-11H2,1-3H3,(H2,18,19,20,22)/b8-7+. The normalized spacial score (nSPS) is 10.6. The van der Waals surface area contributed by atoms with E-state index in [0.717, 1.165) is 11.1 Å². The average Bonchev–Trinajstić information content (AvgIpc) is 2.49. The Morgan fingerprint density at radius 3 is 2.65 bits per heavy atom. The Labute approximate surface area is 135 Å². The van der Waals surface area contributed by atoms with Crippen molar-refractivity contribution in [3.8, 4) is 0 Å². The third kappa shape index (κ3) is 8.40. The number of carbonyl (C=O) groups excluding carboxylic acids is 3. The molecule has 1 rings (SSSR count). The fourth-order valence-electron chi connectivity index (χ4n) is 1.63. The zero-order valence-corrected chi connectivity index (χ0v) is 13.6. The molecular weight excluding hydrogens is 296 g/mol. The van der Waals surface area contributed by atoms with Crippen LogP contribution in [0.25, 0.3) is 6.08 Å². The van der Waals surface area contributed by atoms with Crippen LogP contribution in [0.4, 0.5) is 4.79 Å². The van der Waals surface area contributed by atoms with E-state index >= 15 is 0 Å². The SMILES string of the molecule is Cc1cccc(/C=C/C(=O)OCC(=O)NC(=O)NCC(C)C)c1. The largest absolute Gasteiger partial charge is 0.452 e. The molecule has 6 heteroatoms. The molecule has 0 aliphatic heterocycles. The second kappa shape index (κ2) is 9.40. The van der Waals surface area contributed by atoms with Crippen molar-refractivity contribution in [3.05, 3.63) is 41.5 Å². The highest BCUT2D eigenvalue weighted by molar-refractivity contribution is 5.96. The lowest BCUT2D eigenvalue weighted by Crippen LogP contribution is -2.42. The van der Waals surface area contributed by atoms with Crippen molar-refractivity contribution in [1.29, 1.82) is 0 Å². The highest BCUT2D eigenvalue weighted by Crippen LogP contribution is 2.05. The molecule has 0 unspecified atom stereocenters. The summed E-state index contributed by atoms with van der Waals surface area (Å²) in [6.07, 6.45) is 2.84. The Bertz CT molecular complexity index is 594. The van der Waals surface area contributed by atoms with Crippen molar-refractivity contribution in [3.63, 3.8) is 0 Å². The van der Waals surface area contributed by atoms with Crippen LogP contribution in [0.2, 0.25) is 0 Å². The van der Waals surface area contributed by atoms with Crippen LogP contribution in [0.15, 0.2) is 30.3 Å². The van der Waals surface area contributed by atoms with Gasteiger partial charge in [-0.05, 0) is 24.5 Å². The Balaban J connectivity index is 2.32. The van der Waals surface area contributed by atoms with Gasteiger partial charge in [-0.3, -0.25) is 10.1 Å². The molecular formula is C17H22N2O4. The second-order valence-electron chi connectivity index (χ2n) is 5.51. The summed E-state index contributed by atoms with van der Waals surface area (Å²) in [5.41, 5.74) is 1.94. The van der Waals surface area contributed by atoms with Gasteiger partial charge in [0, 0.05) is 12.6 Å². The van der Waals surface area contributed by atoms with E-state index in [-0.39, 0.29) is 5.92 Å². The predicted octanol–water partition coefficient (Wildman–Crippen LogP) is 2.03. The molecule has 0 radical (unpaired) electrons. The number of aryl methyl sites for hydroxylation is 1. The molecule has 0 bridgehead atoms. The molecule has 0 aromatic heterocycles. The molecule has 0 saturated heterocycles. The van der Waals surface area contributed by atoms with E-state index in [9.17, 15) is 14.4 Å². The zero-order valence-electron chi connectivity index (χ0n) is 13.6. The molecule has 0 atom stereocenters. The Kier molecular flexibility index (Phi) is 7.53. The second-order valence-corrected chi connectivity index (χ2v) is 5.51. The van der Waals surface area contributed by atoms with Crippen LogP contribution in [0.5, 0.6) is 0 Å². The quantitative estimate of drug-likeness (QED) is 0.621. The lowest BCUT2D eigenvalue weighted by atomic mass is 10.1. The number of hydrogen-bond acceptors (Lipinski definition) is 4. The van der Waals surface area contributed by atoms with Crippen LogP contribution < -0.4 is 10.6 Å². The molecule has 1 aromatic carbocycles. The molecule has 1 aromatic rings. The summed E-state index contributed by atoms with van der Waals surface area (Å²) in [6, 6.07) is 6.99. The number of ether oxygens (including phenoxy) is 1. The lowest BCUT2D eigenvalue weighted by molar-refractivity contribution is -0.143. The van der Waals surface area contributed by atoms with Crippen LogP contribution in [-0.4, -0.2) is 31.1 Å². The summed E-state index contributed by atoms with van der Waals surface area (Å²) >= 11 is 0. The summed E-state index contributed by atoms with van der Waals surface area (Å²) in [4.78, 5) is 34.3. The monoisotopic (exact) mass is 318 g/mol. The fraction of sp³-hybridized carbons (Fsp3) is 0.353. The molecule has 0 heterocycles. The van der Waals surface area contributed by atoms with Gasteiger partial charge in [0.1, 0.15) is 0 Å². The molecule has 0 saturated carbocycles. The molecule has 0 fully saturated rings. The molecule has 3 amide bonds. The van der Waals surface area contributed by atoms with Crippen molar-refractivity contribution in [2.24, 2.45) is 5.92 Å². The van der Waals surface area contributed by atoms with Crippen molar-refractivity contribution < 1.29 is 19.1 Å². The minimum Gasteiger partial charge on any atom is -0.452 e.